The highest BCUT2D eigenvalue weighted by molar-refractivity contribution is 5.76. The maximum absolute atomic E-state index is 11.5. The van der Waals surface area contributed by atoms with Crippen molar-refractivity contribution in [3.8, 4) is 0 Å². The Morgan fingerprint density at radius 3 is 2.79 bits per heavy atom. The number of fused-ring (bicyclic) bond motifs is 2. The lowest BCUT2D eigenvalue weighted by Crippen LogP contribution is -2.40. The number of rotatable bonds is 3. The van der Waals surface area contributed by atoms with E-state index in [2.05, 4.69) is 5.32 Å². The second kappa shape index (κ2) is 3.89. The van der Waals surface area contributed by atoms with E-state index < -0.39 is 0 Å². The molecule has 4 atom stereocenters. The molecule has 0 aromatic carbocycles. The molecular formula is C11H20N2O. The first-order valence-electron chi connectivity index (χ1n) is 5.70. The Kier molecular flexibility index (Phi) is 2.77. The summed E-state index contributed by atoms with van der Waals surface area (Å²) >= 11 is 0. The molecule has 3 nitrogen and oxygen atoms in total. The molecule has 0 spiro atoms. The highest BCUT2D eigenvalue weighted by Crippen LogP contribution is 2.44. The number of amides is 1. The fourth-order valence-electron chi connectivity index (χ4n) is 2.98. The fraction of sp³-hybridized carbons (Fsp3) is 0.909. The van der Waals surface area contributed by atoms with Gasteiger partial charge in [0.25, 0.3) is 0 Å². The van der Waals surface area contributed by atoms with Gasteiger partial charge in [0.05, 0.1) is 0 Å². The molecule has 0 radical (unpaired) electrons. The van der Waals surface area contributed by atoms with Crippen LogP contribution in [0.3, 0.4) is 0 Å². The van der Waals surface area contributed by atoms with E-state index in [9.17, 15) is 4.79 Å². The van der Waals surface area contributed by atoms with Crippen LogP contribution in [0.1, 0.15) is 39.0 Å². The lowest BCUT2D eigenvalue weighted by Gasteiger charge is -2.23. The van der Waals surface area contributed by atoms with Gasteiger partial charge in [0.15, 0.2) is 0 Å². The van der Waals surface area contributed by atoms with Gasteiger partial charge in [-0.15, -0.1) is 0 Å². The lowest BCUT2D eigenvalue weighted by molar-refractivity contribution is -0.122. The van der Waals surface area contributed by atoms with E-state index in [1.807, 2.05) is 6.92 Å². The van der Waals surface area contributed by atoms with Crippen LogP contribution >= 0.6 is 0 Å². The van der Waals surface area contributed by atoms with Gasteiger partial charge in [-0.2, -0.15) is 0 Å². The summed E-state index contributed by atoms with van der Waals surface area (Å²) in [5.74, 6) is 1.79. The first kappa shape index (κ1) is 9.97. The Morgan fingerprint density at radius 2 is 2.29 bits per heavy atom. The predicted molar refractivity (Wildman–Crippen MR) is 55.6 cm³/mol. The third kappa shape index (κ3) is 2.08. The number of nitrogens with two attached hydrogens (primary N) is 1. The summed E-state index contributed by atoms with van der Waals surface area (Å²) < 4.78 is 0. The van der Waals surface area contributed by atoms with Crippen molar-refractivity contribution in [2.45, 2.75) is 51.1 Å². The van der Waals surface area contributed by atoms with Gasteiger partial charge in [0.1, 0.15) is 0 Å². The average Bonchev–Trinajstić information content (AvgIpc) is 2.62. The molecular weight excluding hydrogens is 176 g/mol. The van der Waals surface area contributed by atoms with Crippen molar-refractivity contribution in [2.24, 2.45) is 17.6 Å². The summed E-state index contributed by atoms with van der Waals surface area (Å²) in [6, 6.07) is 0.439. The van der Waals surface area contributed by atoms with E-state index in [-0.39, 0.29) is 11.9 Å². The van der Waals surface area contributed by atoms with Crippen LogP contribution in [0.5, 0.6) is 0 Å². The Morgan fingerprint density at radius 1 is 1.50 bits per heavy atom. The average molecular weight is 196 g/mol. The van der Waals surface area contributed by atoms with Gasteiger partial charge in [0, 0.05) is 18.5 Å². The van der Waals surface area contributed by atoms with E-state index in [0.717, 1.165) is 11.8 Å². The number of hydrogen-bond donors (Lipinski definition) is 2. The summed E-state index contributed by atoms with van der Waals surface area (Å²) in [6.45, 7) is 1.88. The zero-order chi connectivity index (χ0) is 10.1. The summed E-state index contributed by atoms with van der Waals surface area (Å²) in [6.07, 6.45) is 5.70. The molecule has 4 unspecified atom stereocenters. The molecule has 3 heteroatoms. The summed E-state index contributed by atoms with van der Waals surface area (Å²) in [7, 11) is 0. The molecule has 3 N–H and O–H groups in total. The van der Waals surface area contributed by atoms with Crippen LogP contribution in [-0.4, -0.2) is 18.0 Å². The zero-order valence-corrected chi connectivity index (χ0v) is 8.83. The van der Waals surface area contributed by atoms with Crippen LogP contribution in [0, 0.1) is 11.8 Å². The lowest BCUT2D eigenvalue weighted by atomic mass is 9.95. The van der Waals surface area contributed by atoms with Gasteiger partial charge in [-0.25, -0.2) is 0 Å². The molecule has 2 rings (SSSR count). The van der Waals surface area contributed by atoms with Crippen molar-refractivity contribution in [3.05, 3.63) is 0 Å². The second-order valence-corrected chi connectivity index (χ2v) is 5.03. The van der Waals surface area contributed by atoms with Gasteiger partial charge in [-0.05, 0) is 38.0 Å². The molecule has 80 valence electrons. The molecule has 2 bridgehead atoms. The number of hydrogen-bond acceptors (Lipinski definition) is 2. The van der Waals surface area contributed by atoms with Gasteiger partial charge in [-0.1, -0.05) is 6.42 Å². The Hall–Kier alpha value is -0.570. The van der Waals surface area contributed by atoms with Crippen LogP contribution < -0.4 is 11.1 Å². The Balaban J connectivity index is 1.78. The number of carbonyl (C=O) groups excluding carboxylic acids is 1. The molecule has 14 heavy (non-hydrogen) atoms. The maximum Gasteiger partial charge on any atom is 0.221 e. The van der Waals surface area contributed by atoms with Crippen molar-refractivity contribution in [1.29, 1.82) is 0 Å². The van der Waals surface area contributed by atoms with Crippen LogP contribution in [0.15, 0.2) is 0 Å². The highest BCUT2D eigenvalue weighted by atomic mass is 16.1. The van der Waals surface area contributed by atoms with Crippen molar-refractivity contribution < 1.29 is 4.79 Å². The van der Waals surface area contributed by atoms with Gasteiger partial charge < -0.3 is 11.1 Å². The summed E-state index contributed by atoms with van der Waals surface area (Å²) in [4.78, 5) is 11.5. The third-order valence-electron chi connectivity index (χ3n) is 3.59. The first-order valence-corrected chi connectivity index (χ1v) is 5.70. The quantitative estimate of drug-likeness (QED) is 0.708. The van der Waals surface area contributed by atoms with Crippen molar-refractivity contribution in [2.75, 3.05) is 0 Å². The van der Waals surface area contributed by atoms with Crippen LogP contribution in [-0.2, 0) is 4.79 Å². The summed E-state index contributed by atoms with van der Waals surface area (Å²) in [5.41, 5.74) is 5.58. The molecule has 2 fully saturated rings. The van der Waals surface area contributed by atoms with Crippen molar-refractivity contribution in [1.82, 2.24) is 5.32 Å². The van der Waals surface area contributed by atoms with Gasteiger partial charge in [-0.3, -0.25) is 4.79 Å². The minimum absolute atomic E-state index is 0.0198. The van der Waals surface area contributed by atoms with Crippen molar-refractivity contribution >= 4 is 5.91 Å². The van der Waals surface area contributed by atoms with Crippen LogP contribution in [0.4, 0.5) is 0 Å². The minimum atomic E-state index is -0.0198. The minimum Gasteiger partial charge on any atom is -0.353 e. The highest BCUT2D eigenvalue weighted by Gasteiger charge is 2.39. The Labute approximate surface area is 85.4 Å². The second-order valence-electron chi connectivity index (χ2n) is 5.03. The molecule has 0 saturated heterocycles. The van der Waals surface area contributed by atoms with E-state index >= 15 is 0 Å². The van der Waals surface area contributed by atoms with Crippen LogP contribution in [0.2, 0.25) is 0 Å². The molecule has 0 aromatic heterocycles. The van der Waals surface area contributed by atoms with E-state index in [1.54, 1.807) is 0 Å². The first-order chi connectivity index (χ1) is 6.65. The molecule has 2 saturated carbocycles. The van der Waals surface area contributed by atoms with Gasteiger partial charge >= 0.3 is 0 Å². The van der Waals surface area contributed by atoms with E-state index in [4.69, 9.17) is 5.73 Å². The fourth-order valence-corrected chi connectivity index (χ4v) is 2.98. The molecule has 0 aliphatic heterocycles. The molecule has 0 aromatic rings. The van der Waals surface area contributed by atoms with E-state index in [0.29, 0.717) is 12.5 Å². The Bertz CT molecular complexity index is 227. The normalized spacial score (nSPS) is 37.1. The van der Waals surface area contributed by atoms with E-state index in [1.165, 1.54) is 25.7 Å². The number of carbonyl (C=O) groups is 1. The standard InChI is InChI=1S/C11H20N2O/c1-7(12)4-11(14)13-10-6-8-2-3-9(10)5-8/h7-10H,2-6,12H2,1H3,(H,13,14). The molecule has 2 aliphatic rings. The number of nitrogens with one attached hydrogen (secondary N) is 1. The largest absolute Gasteiger partial charge is 0.353 e. The summed E-state index contributed by atoms with van der Waals surface area (Å²) in [5, 5.41) is 3.12. The maximum atomic E-state index is 11.5. The molecule has 2 aliphatic carbocycles. The van der Waals surface area contributed by atoms with Gasteiger partial charge in [0.2, 0.25) is 5.91 Å². The molecule has 1 amide bonds. The van der Waals surface area contributed by atoms with Crippen LogP contribution in [0.25, 0.3) is 0 Å². The zero-order valence-electron chi connectivity index (χ0n) is 8.83. The topological polar surface area (TPSA) is 55.1 Å². The van der Waals surface area contributed by atoms with Crippen molar-refractivity contribution in [3.63, 3.8) is 0 Å². The smallest absolute Gasteiger partial charge is 0.221 e. The predicted octanol–water partition coefficient (Wildman–Crippen LogP) is 1.03. The monoisotopic (exact) mass is 196 g/mol. The molecule has 0 heterocycles. The third-order valence-corrected chi connectivity index (χ3v) is 3.59. The SMILES string of the molecule is CC(N)CC(=O)NC1CC2CCC1C2.